The Morgan fingerprint density at radius 2 is 1.04 bits per heavy atom. The molecule has 13 heteroatoms. The Bertz CT molecular complexity index is 536. The predicted octanol–water partition coefficient (Wildman–Crippen LogP) is 4.00. The second kappa shape index (κ2) is 4.97. The second-order valence-corrected chi connectivity index (χ2v) is 5.03. The van der Waals surface area contributed by atoms with Crippen LogP contribution in [0.2, 0.25) is 0 Å². The van der Waals surface area contributed by atoms with Crippen LogP contribution in [0.1, 0.15) is 6.92 Å². The number of hydrogen-bond donors (Lipinski definition) is 0. The number of carbonyl (C=O) groups excluding carboxylic acids is 1. The molecule has 0 aromatic carbocycles. The molecule has 0 aromatic heterocycles. The lowest BCUT2D eigenvalue weighted by atomic mass is 9.72. The smallest absolute Gasteiger partial charge is 0.384 e. The molecular weight excluding hydrogens is 373 g/mol. The predicted molar refractivity (Wildman–Crippen MR) is 54.3 cm³/mol. The van der Waals surface area contributed by atoms with Crippen LogP contribution in [0.3, 0.4) is 0 Å². The highest BCUT2D eigenvalue weighted by atomic mass is 19.4. The molecule has 0 radical (unpaired) electrons. The molecule has 0 atom stereocenters. The van der Waals surface area contributed by atoms with E-state index in [1.807, 2.05) is 0 Å². The average molecular weight is 380 g/mol. The highest BCUT2D eigenvalue weighted by Crippen LogP contribution is 2.69. The molecule has 0 aliphatic heterocycles. The van der Waals surface area contributed by atoms with E-state index < -0.39 is 53.4 Å². The van der Waals surface area contributed by atoms with Gasteiger partial charge in [-0.1, -0.05) is 6.58 Å². The fourth-order valence-corrected chi connectivity index (χ4v) is 1.76. The Kier molecular flexibility index (Phi) is 4.24. The Hall–Kier alpha value is -1.56. The maximum Gasteiger partial charge on any atom is 0.384 e. The lowest BCUT2D eigenvalue weighted by Gasteiger charge is -2.52. The molecule has 0 amide bonds. The Morgan fingerprint density at radius 3 is 1.33 bits per heavy atom. The zero-order valence-corrected chi connectivity index (χ0v) is 11.4. The van der Waals surface area contributed by atoms with E-state index >= 15 is 0 Å². The summed E-state index contributed by atoms with van der Waals surface area (Å²) >= 11 is 0. The summed E-state index contributed by atoms with van der Waals surface area (Å²) in [6.45, 7) is 0.558. The highest BCUT2D eigenvalue weighted by Gasteiger charge is 3.01. The van der Waals surface area contributed by atoms with Crippen LogP contribution in [0, 0.1) is 0 Å². The van der Waals surface area contributed by atoms with E-state index in [-0.39, 0.29) is 0 Å². The van der Waals surface area contributed by atoms with Gasteiger partial charge < -0.3 is 4.74 Å². The van der Waals surface area contributed by atoms with Gasteiger partial charge in [0.15, 0.2) is 0 Å². The summed E-state index contributed by atoms with van der Waals surface area (Å²) in [5.41, 5.74) is -7.04. The van der Waals surface area contributed by atoms with Gasteiger partial charge >= 0.3 is 35.6 Å². The van der Waals surface area contributed by atoms with Crippen LogP contribution in [0.5, 0.6) is 0 Å². The summed E-state index contributed by atoms with van der Waals surface area (Å²) in [5.74, 6) is -37.6. The van der Waals surface area contributed by atoms with Crippen LogP contribution in [-0.4, -0.2) is 47.9 Å². The fraction of sp³-hybridized carbons (Fsp3) is 0.727. The number of carbonyl (C=O) groups is 1. The topological polar surface area (TPSA) is 26.3 Å². The normalized spacial score (nSPS) is 28.0. The maximum atomic E-state index is 14.0. The first-order valence-electron chi connectivity index (χ1n) is 5.73. The van der Waals surface area contributed by atoms with Crippen molar-refractivity contribution in [3.8, 4) is 0 Å². The first-order chi connectivity index (χ1) is 10.3. The molecule has 0 saturated heterocycles. The molecule has 1 aliphatic carbocycles. The lowest BCUT2D eigenvalue weighted by molar-refractivity contribution is -0.487. The molecule has 0 spiro atoms. The number of alkyl halides is 11. The minimum Gasteiger partial charge on any atom is -0.458 e. The molecule has 0 aromatic rings. The van der Waals surface area contributed by atoms with Gasteiger partial charge in [0.2, 0.25) is 0 Å². The van der Waals surface area contributed by atoms with E-state index in [0.29, 0.717) is 0 Å². The van der Waals surface area contributed by atoms with Gasteiger partial charge in [-0.3, -0.25) is 0 Å². The summed E-state index contributed by atoms with van der Waals surface area (Å²) in [6.07, 6.45) is 0. The third-order valence-corrected chi connectivity index (χ3v) is 3.32. The number of rotatable bonds is 3. The van der Waals surface area contributed by atoms with Crippen molar-refractivity contribution in [1.29, 1.82) is 0 Å². The van der Waals surface area contributed by atoms with Crippen LogP contribution < -0.4 is 0 Å². The quantitative estimate of drug-likeness (QED) is 0.420. The second-order valence-electron chi connectivity index (χ2n) is 5.03. The van der Waals surface area contributed by atoms with Gasteiger partial charge in [0.25, 0.3) is 5.67 Å². The minimum atomic E-state index is -7.29. The van der Waals surface area contributed by atoms with Gasteiger partial charge in [0.05, 0.1) is 0 Å². The summed E-state index contributed by atoms with van der Waals surface area (Å²) in [7, 11) is 0. The molecule has 140 valence electrons. The Morgan fingerprint density at radius 1 is 0.750 bits per heavy atom. The van der Waals surface area contributed by atoms with Crippen molar-refractivity contribution in [3.05, 3.63) is 12.2 Å². The van der Waals surface area contributed by atoms with Gasteiger partial charge in [0, 0.05) is 5.57 Å². The fourth-order valence-electron chi connectivity index (χ4n) is 1.76. The summed E-state index contributed by atoms with van der Waals surface area (Å²) < 4.78 is 149. The zero-order valence-electron chi connectivity index (χ0n) is 11.4. The molecule has 1 rings (SSSR count). The maximum absolute atomic E-state index is 14.0. The van der Waals surface area contributed by atoms with E-state index in [2.05, 4.69) is 11.3 Å². The van der Waals surface area contributed by atoms with Crippen LogP contribution in [0.25, 0.3) is 0 Å². The van der Waals surface area contributed by atoms with Crippen LogP contribution >= 0.6 is 0 Å². The van der Waals surface area contributed by atoms with Gasteiger partial charge in [0.1, 0.15) is 6.61 Å². The van der Waals surface area contributed by atoms with Crippen LogP contribution in [0.4, 0.5) is 48.3 Å². The van der Waals surface area contributed by atoms with Crippen molar-refractivity contribution in [2.24, 2.45) is 0 Å². The SMILES string of the molecule is C=C(C)C(=O)OCC1(F)C(F)(F)C(F)(F)C(F)(F)C(F)(F)C1(F)F. The standard InChI is InChI=1S/C11H7F11O2/c1-4(2)5(23)24-3-6(12)7(13,14)9(17,18)11(21,22)10(19,20)8(6,15)16/h1,3H2,2H3. The van der Waals surface area contributed by atoms with Gasteiger partial charge in [-0.2, -0.15) is 43.9 Å². The van der Waals surface area contributed by atoms with E-state index in [1.54, 1.807) is 0 Å². The first kappa shape index (κ1) is 20.5. The van der Waals surface area contributed by atoms with Crippen molar-refractivity contribution in [1.82, 2.24) is 0 Å². The van der Waals surface area contributed by atoms with Crippen molar-refractivity contribution in [2.45, 2.75) is 42.2 Å². The first-order valence-corrected chi connectivity index (χ1v) is 5.73. The Balaban J connectivity index is 3.57. The van der Waals surface area contributed by atoms with Gasteiger partial charge in [-0.05, 0) is 6.92 Å². The van der Waals surface area contributed by atoms with Crippen molar-refractivity contribution >= 4 is 5.97 Å². The summed E-state index contributed by atoms with van der Waals surface area (Å²) in [4.78, 5) is 10.9. The van der Waals surface area contributed by atoms with Crippen molar-refractivity contribution in [2.75, 3.05) is 6.61 Å². The number of hydrogen-bond acceptors (Lipinski definition) is 2. The minimum absolute atomic E-state index is 0.718. The number of ether oxygens (including phenoxy) is 1. The third-order valence-electron chi connectivity index (χ3n) is 3.32. The molecule has 0 heterocycles. The molecule has 2 nitrogen and oxygen atoms in total. The lowest BCUT2D eigenvalue weighted by Crippen LogP contribution is -2.84. The molecular formula is C11H7F11O2. The van der Waals surface area contributed by atoms with Crippen LogP contribution in [-0.2, 0) is 9.53 Å². The van der Waals surface area contributed by atoms with E-state index in [4.69, 9.17) is 0 Å². The Labute approximate surface area is 126 Å². The molecule has 1 aliphatic rings. The molecule has 1 saturated carbocycles. The third kappa shape index (κ3) is 1.98. The molecule has 0 bridgehead atoms. The monoisotopic (exact) mass is 380 g/mol. The molecule has 0 N–H and O–H groups in total. The van der Waals surface area contributed by atoms with Gasteiger partial charge in [-0.15, -0.1) is 0 Å². The van der Waals surface area contributed by atoms with E-state index in [1.165, 1.54) is 0 Å². The number of esters is 1. The summed E-state index contributed by atoms with van der Waals surface area (Å²) in [5, 5.41) is 0. The van der Waals surface area contributed by atoms with Crippen molar-refractivity contribution < 1.29 is 57.8 Å². The summed E-state index contributed by atoms with van der Waals surface area (Å²) in [6, 6.07) is 0. The number of halogens is 11. The van der Waals surface area contributed by atoms with E-state index in [0.717, 1.165) is 6.92 Å². The van der Waals surface area contributed by atoms with E-state index in [9.17, 15) is 53.1 Å². The van der Waals surface area contributed by atoms with Gasteiger partial charge in [-0.25, -0.2) is 9.18 Å². The highest BCUT2D eigenvalue weighted by molar-refractivity contribution is 5.87. The van der Waals surface area contributed by atoms with Crippen molar-refractivity contribution in [3.63, 3.8) is 0 Å². The zero-order chi connectivity index (χ0) is 19.6. The molecule has 1 fully saturated rings. The average Bonchev–Trinajstić information content (AvgIpc) is 2.41. The molecule has 24 heavy (non-hydrogen) atoms. The largest absolute Gasteiger partial charge is 0.458 e. The molecule has 0 unspecified atom stereocenters. The van der Waals surface area contributed by atoms with Crippen LogP contribution in [0.15, 0.2) is 12.2 Å².